The minimum Gasteiger partial charge on any atom is -0.448 e. The Bertz CT molecular complexity index is 2800. The summed E-state index contributed by atoms with van der Waals surface area (Å²) in [4.78, 5) is 53.9. The molecule has 4 heterocycles. The fourth-order valence-corrected chi connectivity index (χ4v) is 10.8. The number of tetrazole rings is 1. The van der Waals surface area contributed by atoms with Gasteiger partial charge in [-0.1, -0.05) is 169 Å². The van der Waals surface area contributed by atoms with Crippen LogP contribution in [0.4, 0.5) is 13.9 Å². The number of aryl methyl sites for hydroxylation is 1. The monoisotopic (exact) mass is 970 g/mol. The average molecular weight is 971 g/mol. The number of hydrogen-bond donors (Lipinski definition) is 2. The molecule has 344 valence electrons. The molecule has 2 aromatic heterocycles. The van der Waals surface area contributed by atoms with Crippen LogP contribution in [0, 0.1) is 0 Å². The molecule has 68 heavy (non-hydrogen) atoms. The fourth-order valence-electron chi connectivity index (χ4n) is 7.87. The summed E-state index contributed by atoms with van der Waals surface area (Å²) < 4.78 is 39.9. The molecule has 1 unspecified atom stereocenters. The average Bonchev–Trinajstić information content (AvgIpc) is 4.04. The molecule has 0 bridgehead atoms. The van der Waals surface area contributed by atoms with Crippen LogP contribution in [0.3, 0.4) is 0 Å². The van der Waals surface area contributed by atoms with Crippen molar-refractivity contribution in [2.45, 2.75) is 34.6 Å². The third kappa shape index (κ3) is 9.47. The topological polar surface area (TPSA) is 179 Å². The number of thioether (sulfide) groups is 2. The molecule has 0 radical (unpaired) electrons. The number of β-lactam (4-membered cyclic amide) rings is 1. The summed E-state index contributed by atoms with van der Waals surface area (Å²) >= 11 is 3.50. The van der Waals surface area contributed by atoms with Crippen LogP contribution in [-0.4, -0.2) is 93.9 Å². The van der Waals surface area contributed by atoms with Crippen molar-refractivity contribution >= 4 is 63.7 Å². The van der Waals surface area contributed by atoms with Gasteiger partial charge in [-0.2, -0.15) is 13.7 Å². The lowest BCUT2D eigenvalue weighted by atomic mass is 9.77. The first-order valence-corrected chi connectivity index (χ1v) is 23.9. The normalized spacial score (nSPS) is 16.4. The fraction of sp³-hybridized carbons (Fsp3) is 0.188. The highest BCUT2D eigenvalue weighted by Crippen LogP contribution is 2.44. The number of halogens is 2. The van der Waals surface area contributed by atoms with Gasteiger partial charge < -0.3 is 20.2 Å². The Morgan fingerprint density at radius 3 is 1.96 bits per heavy atom. The second kappa shape index (κ2) is 20.7. The van der Waals surface area contributed by atoms with E-state index in [1.54, 1.807) is 7.05 Å². The summed E-state index contributed by atoms with van der Waals surface area (Å²) in [7, 11) is 1.69. The second-order valence-electron chi connectivity index (χ2n) is 15.3. The number of esters is 1. The third-order valence-electron chi connectivity index (χ3n) is 11.1. The molecule has 2 aliphatic rings. The Morgan fingerprint density at radius 2 is 1.43 bits per heavy atom. The number of amides is 2. The first kappa shape index (κ1) is 45.8. The van der Waals surface area contributed by atoms with E-state index in [1.807, 2.05) is 152 Å². The summed E-state index contributed by atoms with van der Waals surface area (Å²) in [6.07, 6.45) is -3.33. The van der Waals surface area contributed by atoms with Crippen LogP contribution < -0.4 is 10.6 Å². The second-order valence-corrected chi connectivity index (χ2v) is 18.1. The number of rotatable bonds is 18. The van der Waals surface area contributed by atoms with Gasteiger partial charge >= 0.3 is 5.97 Å². The number of carbonyl (C=O) groups is 3. The van der Waals surface area contributed by atoms with Crippen LogP contribution in [-0.2, 0) is 36.5 Å². The van der Waals surface area contributed by atoms with Gasteiger partial charge in [0.1, 0.15) is 22.7 Å². The zero-order valence-electron chi connectivity index (χ0n) is 36.0. The highest BCUT2D eigenvalue weighted by Gasteiger charge is 2.55. The van der Waals surface area contributed by atoms with E-state index >= 15 is 0 Å². The van der Waals surface area contributed by atoms with Crippen LogP contribution in [0.25, 0.3) is 0 Å². The lowest BCUT2D eigenvalue weighted by molar-refractivity contribution is -0.154. The largest absolute Gasteiger partial charge is 0.448 e. The van der Waals surface area contributed by atoms with E-state index < -0.39 is 59.6 Å². The van der Waals surface area contributed by atoms with E-state index in [4.69, 9.17) is 9.57 Å². The van der Waals surface area contributed by atoms with Gasteiger partial charge in [0.05, 0.1) is 0 Å². The van der Waals surface area contributed by atoms with Crippen LogP contribution in [0.5, 0.6) is 0 Å². The lowest BCUT2D eigenvalue weighted by Crippen LogP contribution is -2.71. The van der Waals surface area contributed by atoms with Crippen molar-refractivity contribution in [3.63, 3.8) is 0 Å². The number of alkyl halides is 2. The maximum absolute atomic E-state index is 14.6. The van der Waals surface area contributed by atoms with Gasteiger partial charge in [-0.05, 0) is 43.8 Å². The molecular weight excluding hydrogens is 931 g/mol. The number of anilines is 1. The van der Waals surface area contributed by atoms with Gasteiger partial charge in [0, 0.05) is 30.1 Å². The van der Waals surface area contributed by atoms with E-state index in [-0.39, 0.29) is 28.2 Å². The third-order valence-corrected chi connectivity index (χ3v) is 14.1. The minimum absolute atomic E-state index is 0.0276. The van der Waals surface area contributed by atoms with Crippen molar-refractivity contribution in [2.24, 2.45) is 12.2 Å². The molecule has 15 nitrogen and oxygen atoms in total. The van der Waals surface area contributed by atoms with Crippen molar-refractivity contribution in [3.8, 4) is 0 Å². The molecule has 0 spiro atoms. The SMILES string of the molecule is Cn1nnnc1SCC1=C(C(=O)OC(c2ccccc2)c2ccccc2)N2C(=O)[C@@H](NC(=O)C(=NOC(F)CF)c3nsc(NC(c4ccccc4)(c4ccccc4)c4ccccc4)n3)[C@H]2SC1. The van der Waals surface area contributed by atoms with Gasteiger partial charge in [0.2, 0.25) is 21.8 Å². The zero-order valence-corrected chi connectivity index (χ0v) is 38.4. The Kier molecular flexibility index (Phi) is 14.0. The quantitative estimate of drug-likeness (QED) is 0.0220. The Balaban J connectivity index is 1.01. The van der Waals surface area contributed by atoms with Crippen molar-refractivity contribution in [1.82, 2.24) is 39.8 Å². The predicted octanol–water partition coefficient (Wildman–Crippen LogP) is 7.23. The molecular formula is C48H40F2N10O5S3. The number of benzene rings is 5. The van der Waals surface area contributed by atoms with E-state index in [0.717, 1.165) is 28.2 Å². The molecule has 7 aromatic rings. The van der Waals surface area contributed by atoms with Gasteiger partial charge in [-0.15, -0.1) is 16.9 Å². The zero-order chi connectivity index (χ0) is 47.0. The van der Waals surface area contributed by atoms with E-state index in [0.29, 0.717) is 21.9 Å². The van der Waals surface area contributed by atoms with E-state index in [2.05, 4.69) is 40.7 Å². The number of ether oxygens (including phenoxy) is 1. The highest BCUT2D eigenvalue weighted by atomic mass is 32.2. The molecule has 1 fully saturated rings. The summed E-state index contributed by atoms with van der Waals surface area (Å²) in [5.41, 5.74) is 3.01. The number of nitrogens with zero attached hydrogens (tertiary/aromatic N) is 8. The molecule has 2 amide bonds. The van der Waals surface area contributed by atoms with E-state index in [9.17, 15) is 23.2 Å². The van der Waals surface area contributed by atoms with Crippen LogP contribution >= 0.6 is 35.1 Å². The Morgan fingerprint density at radius 1 is 0.868 bits per heavy atom. The summed E-state index contributed by atoms with van der Waals surface area (Å²) in [5.74, 6) is -2.15. The highest BCUT2D eigenvalue weighted by molar-refractivity contribution is 8.01. The van der Waals surface area contributed by atoms with Gasteiger partial charge in [0.25, 0.3) is 18.2 Å². The molecule has 0 saturated carbocycles. The summed E-state index contributed by atoms with van der Waals surface area (Å²) in [6.45, 7) is -1.55. The smallest absolute Gasteiger partial charge is 0.356 e. The molecule has 2 N–H and O–H groups in total. The van der Waals surface area contributed by atoms with Gasteiger partial charge in [-0.25, -0.2) is 13.9 Å². The molecule has 9 rings (SSSR count). The molecule has 20 heteroatoms. The molecule has 3 atom stereocenters. The number of hydrogen-bond acceptors (Lipinski definition) is 15. The van der Waals surface area contributed by atoms with Crippen LogP contribution in [0.1, 0.15) is 39.7 Å². The summed E-state index contributed by atoms with van der Waals surface area (Å²) in [6, 6.07) is 46.4. The number of carbonyl (C=O) groups excluding carboxylic acids is 3. The van der Waals surface area contributed by atoms with Crippen molar-refractivity contribution in [3.05, 3.63) is 197 Å². The van der Waals surface area contributed by atoms with Gasteiger partial charge in [0.15, 0.2) is 12.8 Å². The number of nitrogens with one attached hydrogen (secondary N) is 2. The lowest BCUT2D eigenvalue weighted by Gasteiger charge is -2.49. The van der Waals surface area contributed by atoms with Crippen LogP contribution in [0.2, 0.25) is 0 Å². The Labute approximate surface area is 401 Å². The maximum atomic E-state index is 14.6. The van der Waals surface area contributed by atoms with Crippen molar-refractivity contribution in [2.75, 3.05) is 23.5 Å². The standard InChI is InChI=1S/C48H40F2N10O5S3/c1-59-47(54-57-58-59)67-29-32-28-66-44-38(43(62)60(44)39(32)45(63)64-40(30-17-7-2-8-18-30)31-19-9-3-10-20-31)51-42(61)37(55-65-36(50)27-49)41-52-46(68-56-41)53-48(33-21-11-4-12-22-33,34-23-13-5-14-24-34)35-25-15-6-16-26-35/h2-26,36,38,40,44H,27-29H2,1H3,(H,51,61)(H,52,53,56)/t36?,38-,44-/m1/s1. The van der Waals surface area contributed by atoms with Crippen molar-refractivity contribution < 1.29 is 32.7 Å². The first-order valence-electron chi connectivity index (χ1n) is 21.1. The molecule has 0 aliphatic carbocycles. The van der Waals surface area contributed by atoms with E-state index in [1.165, 1.54) is 33.1 Å². The van der Waals surface area contributed by atoms with Gasteiger partial charge in [-0.3, -0.25) is 14.5 Å². The number of fused-ring (bicyclic) bond motifs is 1. The number of oxime groups is 1. The molecule has 1 saturated heterocycles. The number of aromatic nitrogens is 6. The first-order chi connectivity index (χ1) is 33.2. The molecule has 5 aromatic carbocycles. The maximum Gasteiger partial charge on any atom is 0.356 e. The van der Waals surface area contributed by atoms with Crippen molar-refractivity contribution in [1.29, 1.82) is 0 Å². The summed E-state index contributed by atoms with van der Waals surface area (Å²) in [5, 5.41) is 21.6. The Hall–Kier alpha value is -7.29. The predicted molar refractivity (Wildman–Crippen MR) is 254 cm³/mol. The minimum atomic E-state index is -2.51. The van der Waals surface area contributed by atoms with Crippen LogP contribution in [0.15, 0.2) is 173 Å². The molecule has 2 aliphatic heterocycles.